The van der Waals surface area contributed by atoms with Crippen molar-refractivity contribution < 1.29 is 0 Å². The zero-order valence-corrected chi connectivity index (χ0v) is 35.9. The summed E-state index contributed by atoms with van der Waals surface area (Å²) in [6.07, 6.45) is 0. The number of hydrogen-bond acceptors (Lipinski definition) is 2. The quantitative estimate of drug-likeness (QED) is 0.0909. The normalized spacial score (nSPS) is 11.3. The van der Waals surface area contributed by atoms with Gasteiger partial charge >= 0.3 is 0 Å². The molecule has 3 nitrogen and oxygen atoms in total. The molecule has 0 spiro atoms. The molecule has 1 heterocycles. The molecule has 11 aromatic carbocycles. The maximum absolute atomic E-state index is 7.39. The van der Waals surface area contributed by atoms with Gasteiger partial charge in [-0.3, -0.25) is 0 Å². The Morgan fingerprint density at radius 1 is 0.303 bits per heavy atom. The fourth-order valence-corrected chi connectivity index (χ4v) is 9.79. The minimum atomic E-state index is 0.625. The van der Waals surface area contributed by atoms with Crippen molar-refractivity contribution in [2.45, 2.75) is 0 Å². The Hall–Kier alpha value is -8.97. The van der Waals surface area contributed by atoms with Gasteiger partial charge < -0.3 is 0 Å². The first-order chi connectivity index (χ1) is 32.7. The van der Waals surface area contributed by atoms with E-state index in [0.717, 1.165) is 61.1 Å². The van der Waals surface area contributed by atoms with Crippen LogP contribution in [0.3, 0.4) is 0 Å². The molecule has 0 N–H and O–H groups in total. The highest BCUT2D eigenvalue weighted by molar-refractivity contribution is 6.28. The van der Waals surface area contributed by atoms with Crippen molar-refractivity contribution >= 4 is 48.8 Å². The van der Waals surface area contributed by atoms with Crippen molar-refractivity contribution in [2.24, 2.45) is 0 Å². The number of aromatic nitrogens is 2. The lowest BCUT2D eigenvalue weighted by Crippen LogP contribution is -1.97. The minimum Gasteiger partial charge on any atom is -0.238 e. The van der Waals surface area contributed by atoms with Crippen LogP contribution in [-0.4, -0.2) is 9.97 Å². The van der Waals surface area contributed by atoms with Crippen molar-refractivity contribution in [3.8, 4) is 78.4 Å². The molecule has 66 heavy (non-hydrogen) atoms. The SMILES string of the molecule is [C-]#[N+]c1ccc(-c2cccc(-c3cc(-c4ccc(-c5ccc(-c6c7ccccc7c(-c7ccccc7)c7c6ccc6ccccc67)cc5)c5ccccc45)nc(-c4ccccc4)n3)c2)cc1. The standard InChI is InChI=1S/C63H39N3/c1-64-49-34-31-41(32-35-49)47-20-14-21-48(39-47)58-40-59(66-63(65-58)46-18-6-3-7-19-46)54-38-37-50(52-23-10-11-24-53(52)54)43-27-29-45(30-28-43)60-55-25-12-13-26-56(55)61(44-16-4-2-5-17-44)62-51-22-9-8-15-42(51)33-36-57(60)62/h2-40H. The van der Waals surface area contributed by atoms with Crippen LogP contribution in [0.2, 0.25) is 0 Å². The molecule has 0 amide bonds. The summed E-state index contributed by atoms with van der Waals surface area (Å²) in [4.78, 5) is 14.0. The molecule has 0 aliphatic carbocycles. The van der Waals surface area contributed by atoms with Crippen molar-refractivity contribution in [2.75, 3.05) is 0 Å². The average molecular weight is 838 g/mol. The second-order valence-electron chi connectivity index (χ2n) is 16.7. The van der Waals surface area contributed by atoms with Crippen LogP contribution in [0.1, 0.15) is 0 Å². The largest absolute Gasteiger partial charge is 0.238 e. The molecular weight excluding hydrogens is 799 g/mol. The molecular formula is C63H39N3. The number of hydrogen-bond donors (Lipinski definition) is 0. The van der Waals surface area contributed by atoms with E-state index in [9.17, 15) is 0 Å². The predicted octanol–water partition coefficient (Wildman–Crippen LogP) is 17.3. The van der Waals surface area contributed by atoms with E-state index in [1.54, 1.807) is 0 Å². The fourth-order valence-electron chi connectivity index (χ4n) is 9.79. The predicted molar refractivity (Wildman–Crippen MR) is 276 cm³/mol. The topological polar surface area (TPSA) is 30.1 Å². The van der Waals surface area contributed by atoms with Gasteiger partial charge in [0, 0.05) is 16.7 Å². The molecule has 0 saturated carbocycles. The third kappa shape index (κ3) is 6.77. The van der Waals surface area contributed by atoms with Gasteiger partial charge in [0.25, 0.3) is 0 Å². The van der Waals surface area contributed by atoms with Crippen molar-refractivity contribution in [1.29, 1.82) is 0 Å². The molecule has 0 bridgehead atoms. The highest BCUT2D eigenvalue weighted by Gasteiger charge is 2.20. The van der Waals surface area contributed by atoms with E-state index in [-0.39, 0.29) is 0 Å². The van der Waals surface area contributed by atoms with Gasteiger partial charge in [0.1, 0.15) is 0 Å². The Morgan fingerprint density at radius 2 is 0.833 bits per heavy atom. The summed E-state index contributed by atoms with van der Waals surface area (Å²) in [6.45, 7) is 7.39. The Kier molecular flexibility index (Phi) is 9.55. The summed E-state index contributed by atoms with van der Waals surface area (Å²) in [7, 11) is 0. The van der Waals surface area contributed by atoms with E-state index in [4.69, 9.17) is 16.5 Å². The summed E-state index contributed by atoms with van der Waals surface area (Å²) >= 11 is 0. The highest BCUT2D eigenvalue weighted by atomic mass is 14.9. The number of rotatable bonds is 7. The monoisotopic (exact) mass is 837 g/mol. The lowest BCUT2D eigenvalue weighted by atomic mass is 9.83. The molecule has 12 rings (SSSR count). The second kappa shape index (κ2) is 16.3. The van der Waals surface area contributed by atoms with Gasteiger partial charge in [0.05, 0.1) is 18.0 Å². The minimum absolute atomic E-state index is 0.625. The molecule has 306 valence electrons. The van der Waals surface area contributed by atoms with Gasteiger partial charge in [-0.25, -0.2) is 14.8 Å². The van der Waals surface area contributed by atoms with Crippen LogP contribution in [0.4, 0.5) is 5.69 Å². The van der Waals surface area contributed by atoms with E-state index >= 15 is 0 Å². The molecule has 0 aliphatic heterocycles. The van der Waals surface area contributed by atoms with Gasteiger partial charge in [0.2, 0.25) is 0 Å². The van der Waals surface area contributed by atoms with Crippen LogP contribution < -0.4 is 0 Å². The van der Waals surface area contributed by atoms with E-state index in [1.165, 1.54) is 54.6 Å². The second-order valence-corrected chi connectivity index (χ2v) is 16.7. The van der Waals surface area contributed by atoms with Gasteiger partial charge in [-0.2, -0.15) is 0 Å². The van der Waals surface area contributed by atoms with E-state index < -0.39 is 0 Å². The highest BCUT2D eigenvalue weighted by Crippen LogP contribution is 2.47. The zero-order chi connectivity index (χ0) is 44.0. The summed E-state index contributed by atoms with van der Waals surface area (Å²) in [5.41, 5.74) is 14.7. The molecule has 0 aliphatic rings. The summed E-state index contributed by atoms with van der Waals surface area (Å²) in [5.74, 6) is 0.670. The first kappa shape index (κ1) is 38.7. The molecule has 12 aromatic rings. The molecule has 0 unspecified atom stereocenters. The van der Waals surface area contributed by atoms with Crippen molar-refractivity contribution in [1.82, 2.24) is 9.97 Å². The molecule has 0 radical (unpaired) electrons. The van der Waals surface area contributed by atoms with Crippen LogP contribution in [0.25, 0.3) is 126 Å². The molecule has 3 heteroatoms. The molecule has 0 saturated heterocycles. The van der Waals surface area contributed by atoms with Gasteiger partial charge in [0.15, 0.2) is 11.5 Å². The summed E-state index contributed by atoms with van der Waals surface area (Å²) < 4.78 is 0. The van der Waals surface area contributed by atoms with Gasteiger partial charge in [-0.05, 0) is 99.7 Å². The zero-order valence-electron chi connectivity index (χ0n) is 35.9. The first-order valence-electron chi connectivity index (χ1n) is 22.3. The van der Waals surface area contributed by atoms with E-state index in [1.807, 2.05) is 42.5 Å². The first-order valence-corrected chi connectivity index (χ1v) is 22.3. The Labute approximate surface area is 383 Å². The third-order valence-electron chi connectivity index (χ3n) is 12.9. The van der Waals surface area contributed by atoms with Crippen LogP contribution in [0, 0.1) is 6.57 Å². The fraction of sp³-hybridized carbons (Fsp3) is 0. The lowest BCUT2D eigenvalue weighted by Gasteiger charge is -2.19. The van der Waals surface area contributed by atoms with Gasteiger partial charge in [-0.15, -0.1) is 0 Å². The summed E-state index contributed by atoms with van der Waals surface area (Å²) in [5, 5.41) is 9.78. The number of benzene rings is 11. The maximum atomic E-state index is 7.39. The Bertz CT molecular complexity index is 3850. The lowest BCUT2D eigenvalue weighted by molar-refractivity contribution is 1.18. The van der Waals surface area contributed by atoms with Crippen LogP contribution in [-0.2, 0) is 0 Å². The maximum Gasteiger partial charge on any atom is 0.187 e. The average Bonchev–Trinajstić information content (AvgIpc) is 3.40. The number of fused-ring (bicyclic) bond motifs is 5. The third-order valence-corrected chi connectivity index (χ3v) is 12.9. The smallest absolute Gasteiger partial charge is 0.187 e. The molecule has 0 fully saturated rings. The Balaban J connectivity index is 0.984. The summed E-state index contributed by atoms with van der Waals surface area (Å²) in [6, 6.07) is 83.9. The molecule has 1 aromatic heterocycles. The van der Waals surface area contributed by atoms with E-state index in [2.05, 4.69) is 199 Å². The number of nitrogens with zero attached hydrogens (tertiary/aromatic N) is 3. The van der Waals surface area contributed by atoms with Gasteiger partial charge in [-0.1, -0.05) is 224 Å². The van der Waals surface area contributed by atoms with Crippen LogP contribution >= 0.6 is 0 Å². The van der Waals surface area contributed by atoms with E-state index in [0.29, 0.717) is 11.5 Å². The van der Waals surface area contributed by atoms with Crippen molar-refractivity contribution in [3.63, 3.8) is 0 Å². The Morgan fingerprint density at radius 3 is 1.56 bits per heavy atom. The van der Waals surface area contributed by atoms with Crippen LogP contribution in [0.5, 0.6) is 0 Å². The van der Waals surface area contributed by atoms with Crippen LogP contribution in [0.15, 0.2) is 237 Å². The molecule has 0 atom stereocenters. The van der Waals surface area contributed by atoms with Crippen molar-refractivity contribution in [3.05, 3.63) is 248 Å².